The van der Waals surface area contributed by atoms with E-state index in [4.69, 9.17) is 4.42 Å². The van der Waals surface area contributed by atoms with Crippen molar-refractivity contribution in [3.63, 3.8) is 0 Å². The molecule has 9 nitrogen and oxygen atoms in total. The molecular weight excluding hydrogens is 348 g/mol. The van der Waals surface area contributed by atoms with Crippen molar-refractivity contribution in [3.8, 4) is 5.69 Å². The van der Waals surface area contributed by atoms with E-state index in [0.29, 0.717) is 24.5 Å². The summed E-state index contributed by atoms with van der Waals surface area (Å²) in [6.45, 7) is 5.16. The number of amides is 1. The van der Waals surface area contributed by atoms with Gasteiger partial charge >= 0.3 is 5.76 Å². The molecule has 0 aliphatic carbocycles. The summed E-state index contributed by atoms with van der Waals surface area (Å²) in [4.78, 5) is 26.0. The molecule has 1 N–H and O–H groups in total. The molecule has 142 valence electrons. The SMILES string of the molecule is Cc1cc(C(=O)N2CCC(c3n[nH]c(=O)o3)CC2)c(C)n1-c1cnn(C)c1. The molecule has 4 rings (SSSR count). The standard InChI is InChI=1S/C18H22N6O3/c1-11-8-15(12(2)24(11)14-9-19-22(3)10-14)17(25)23-6-4-13(5-7-23)16-20-21-18(26)27-16/h8-10,13H,4-7H2,1-3H3,(H,21,26). The topological polar surface area (TPSA) is 102 Å². The molecule has 0 saturated carbocycles. The normalized spacial score (nSPS) is 15.4. The summed E-state index contributed by atoms with van der Waals surface area (Å²) in [5, 5.41) is 10.4. The van der Waals surface area contributed by atoms with Crippen LogP contribution in [0, 0.1) is 13.8 Å². The van der Waals surface area contributed by atoms with Gasteiger partial charge in [-0.25, -0.2) is 9.89 Å². The van der Waals surface area contributed by atoms with Crippen LogP contribution in [0.3, 0.4) is 0 Å². The van der Waals surface area contributed by atoms with Crippen LogP contribution in [0.25, 0.3) is 5.69 Å². The third-order valence-electron chi connectivity index (χ3n) is 5.20. The van der Waals surface area contributed by atoms with Crippen LogP contribution in [0.5, 0.6) is 0 Å². The van der Waals surface area contributed by atoms with E-state index in [1.807, 2.05) is 42.6 Å². The van der Waals surface area contributed by atoms with Crippen molar-refractivity contribution in [1.29, 1.82) is 0 Å². The number of hydrogen-bond acceptors (Lipinski definition) is 5. The zero-order valence-electron chi connectivity index (χ0n) is 15.6. The highest BCUT2D eigenvalue weighted by atomic mass is 16.4. The number of piperidine rings is 1. The number of hydrogen-bond donors (Lipinski definition) is 1. The third kappa shape index (κ3) is 3.09. The minimum absolute atomic E-state index is 0.0279. The van der Waals surface area contributed by atoms with Gasteiger partial charge in [0, 0.05) is 43.6 Å². The van der Waals surface area contributed by atoms with Crippen LogP contribution in [0.15, 0.2) is 27.7 Å². The maximum absolute atomic E-state index is 13.1. The van der Waals surface area contributed by atoms with Crippen LogP contribution in [-0.2, 0) is 7.05 Å². The number of nitrogens with one attached hydrogen (secondary N) is 1. The number of carbonyl (C=O) groups is 1. The van der Waals surface area contributed by atoms with Crippen molar-refractivity contribution >= 4 is 5.91 Å². The molecule has 1 fully saturated rings. The van der Waals surface area contributed by atoms with Crippen LogP contribution in [0.4, 0.5) is 0 Å². The number of H-pyrrole nitrogens is 1. The fourth-order valence-electron chi connectivity index (χ4n) is 3.82. The van der Waals surface area contributed by atoms with E-state index >= 15 is 0 Å². The fraction of sp³-hybridized carbons (Fsp3) is 0.444. The van der Waals surface area contributed by atoms with E-state index in [0.717, 1.165) is 29.9 Å². The van der Waals surface area contributed by atoms with E-state index in [1.54, 1.807) is 10.9 Å². The van der Waals surface area contributed by atoms with Gasteiger partial charge in [0.1, 0.15) is 0 Å². The lowest BCUT2D eigenvalue weighted by molar-refractivity contribution is 0.0705. The van der Waals surface area contributed by atoms with Crippen LogP contribution in [0.1, 0.15) is 46.4 Å². The Morgan fingerprint density at radius 2 is 2.04 bits per heavy atom. The van der Waals surface area contributed by atoms with Gasteiger partial charge in [0.05, 0.1) is 17.4 Å². The first-order valence-corrected chi connectivity index (χ1v) is 8.96. The van der Waals surface area contributed by atoms with Crippen LogP contribution in [-0.4, -0.2) is 48.4 Å². The molecule has 0 bridgehead atoms. The Kier molecular flexibility index (Phi) is 4.21. The van der Waals surface area contributed by atoms with E-state index in [9.17, 15) is 9.59 Å². The molecule has 1 saturated heterocycles. The summed E-state index contributed by atoms with van der Waals surface area (Å²) >= 11 is 0. The second-order valence-corrected chi connectivity index (χ2v) is 7.01. The highest BCUT2D eigenvalue weighted by Gasteiger charge is 2.29. The molecule has 0 atom stereocenters. The van der Waals surface area contributed by atoms with E-state index < -0.39 is 5.76 Å². The molecule has 9 heteroatoms. The third-order valence-corrected chi connectivity index (χ3v) is 5.20. The summed E-state index contributed by atoms with van der Waals surface area (Å²) in [5.74, 6) is -0.0100. The second kappa shape index (κ2) is 6.57. The fourth-order valence-corrected chi connectivity index (χ4v) is 3.82. The summed E-state index contributed by atoms with van der Waals surface area (Å²) in [5.41, 5.74) is 3.56. The van der Waals surface area contributed by atoms with Crippen LogP contribution >= 0.6 is 0 Å². The van der Waals surface area contributed by atoms with Crippen LogP contribution < -0.4 is 5.76 Å². The summed E-state index contributed by atoms with van der Waals surface area (Å²) < 4.78 is 8.85. The van der Waals surface area contributed by atoms with Gasteiger partial charge in [0.25, 0.3) is 5.91 Å². The van der Waals surface area contributed by atoms with Gasteiger partial charge in [0.15, 0.2) is 0 Å². The van der Waals surface area contributed by atoms with Gasteiger partial charge in [-0.2, -0.15) is 5.10 Å². The average molecular weight is 370 g/mol. The summed E-state index contributed by atoms with van der Waals surface area (Å²) in [6.07, 6.45) is 5.16. The summed E-state index contributed by atoms with van der Waals surface area (Å²) in [7, 11) is 1.87. The number of likely N-dealkylation sites (tertiary alicyclic amines) is 1. The summed E-state index contributed by atoms with van der Waals surface area (Å²) in [6, 6.07) is 1.93. The van der Waals surface area contributed by atoms with Gasteiger partial charge in [-0.05, 0) is 32.8 Å². The maximum Gasteiger partial charge on any atom is 0.434 e. The Balaban J connectivity index is 1.51. The molecule has 0 radical (unpaired) electrons. The van der Waals surface area contributed by atoms with Crippen molar-refractivity contribution < 1.29 is 9.21 Å². The van der Waals surface area contributed by atoms with Crippen molar-refractivity contribution in [1.82, 2.24) is 29.4 Å². The lowest BCUT2D eigenvalue weighted by atomic mass is 9.96. The monoisotopic (exact) mass is 370 g/mol. The Labute approximate surface area is 155 Å². The van der Waals surface area contributed by atoms with E-state index in [-0.39, 0.29) is 11.8 Å². The average Bonchev–Trinajstić information content (AvgIpc) is 3.34. The first-order valence-electron chi connectivity index (χ1n) is 8.96. The number of aromatic amines is 1. The molecule has 3 aromatic rings. The highest BCUT2D eigenvalue weighted by Crippen LogP contribution is 2.28. The van der Waals surface area contributed by atoms with Gasteiger partial charge in [0.2, 0.25) is 5.89 Å². The molecule has 1 amide bonds. The zero-order valence-corrected chi connectivity index (χ0v) is 15.6. The molecule has 1 aliphatic rings. The van der Waals surface area contributed by atoms with Gasteiger partial charge < -0.3 is 13.9 Å². The Hall–Kier alpha value is -3.10. The van der Waals surface area contributed by atoms with Gasteiger partial charge in [-0.1, -0.05) is 0 Å². The Bertz CT molecular complexity index is 1030. The number of rotatable bonds is 3. The van der Waals surface area contributed by atoms with E-state index in [2.05, 4.69) is 15.3 Å². The second-order valence-electron chi connectivity index (χ2n) is 7.01. The maximum atomic E-state index is 13.1. The Morgan fingerprint density at radius 1 is 1.30 bits per heavy atom. The predicted molar refractivity (Wildman–Crippen MR) is 97.0 cm³/mol. The van der Waals surface area contributed by atoms with Gasteiger partial charge in [-0.15, -0.1) is 5.10 Å². The molecular formula is C18H22N6O3. The van der Waals surface area contributed by atoms with Crippen LogP contribution in [0.2, 0.25) is 0 Å². The molecule has 1 aliphatic heterocycles. The van der Waals surface area contributed by atoms with E-state index in [1.165, 1.54) is 0 Å². The lowest BCUT2D eigenvalue weighted by Gasteiger charge is -2.30. The lowest BCUT2D eigenvalue weighted by Crippen LogP contribution is -2.38. The number of carbonyl (C=O) groups excluding carboxylic acids is 1. The largest absolute Gasteiger partial charge is 0.434 e. The molecule has 3 aromatic heterocycles. The quantitative estimate of drug-likeness (QED) is 0.753. The van der Waals surface area contributed by atoms with Crippen molar-refractivity contribution in [2.24, 2.45) is 7.05 Å². The van der Waals surface area contributed by atoms with Crippen molar-refractivity contribution in [3.05, 3.63) is 51.9 Å². The molecule has 0 spiro atoms. The minimum Gasteiger partial charge on any atom is -0.392 e. The number of aryl methyl sites for hydroxylation is 2. The Morgan fingerprint density at radius 3 is 2.63 bits per heavy atom. The van der Waals surface area contributed by atoms with Crippen molar-refractivity contribution in [2.75, 3.05) is 13.1 Å². The minimum atomic E-state index is -0.536. The van der Waals surface area contributed by atoms with Crippen molar-refractivity contribution in [2.45, 2.75) is 32.6 Å². The predicted octanol–water partition coefficient (Wildman–Crippen LogP) is 1.52. The number of nitrogens with zero attached hydrogens (tertiary/aromatic N) is 5. The first kappa shape index (κ1) is 17.3. The molecule has 0 aromatic carbocycles. The molecule has 4 heterocycles. The molecule has 0 unspecified atom stereocenters. The zero-order chi connectivity index (χ0) is 19.1. The van der Waals surface area contributed by atoms with Gasteiger partial charge in [-0.3, -0.25) is 9.48 Å². The number of aromatic nitrogens is 5. The highest BCUT2D eigenvalue weighted by molar-refractivity contribution is 5.96. The first-order chi connectivity index (χ1) is 12.9. The molecule has 27 heavy (non-hydrogen) atoms. The smallest absolute Gasteiger partial charge is 0.392 e.